The van der Waals surface area contributed by atoms with Crippen molar-refractivity contribution < 1.29 is 4.79 Å². The average molecular weight is 393 g/mol. The van der Waals surface area contributed by atoms with E-state index in [1.807, 2.05) is 30.3 Å². The molecule has 0 aliphatic carbocycles. The Labute approximate surface area is 171 Å². The van der Waals surface area contributed by atoms with Crippen LogP contribution in [0.3, 0.4) is 0 Å². The molecule has 3 aromatic rings. The Morgan fingerprint density at radius 3 is 2.66 bits per heavy atom. The number of nitrogens with zero attached hydrogens (tertiary/aromatic N) is 5. The summed E-state index contributed by atoms with van der Waals surface area (Å²) >= 11 is 0. The molecular weight excluding hydrogens is 364 g/mol. The number of hydrogen-bond acceptors (Lipinski definition) is 5. The lowest BCUT2D eigenvalue weighted by atomic mass is 10.0. The van der Waals surface area contributed by atoms with Gasteiger partial charge in [-0.3, -0.25) is 4.79 Å². The molecule has 0 spiro atoms. The van der Waals surface area contributed by atoms with Gasteiger partial charge in [-0.2, -0.15) is 4.52 Å². The van der Waals surface area contributed by atoms with E-state index >= 15 is 0 Å². The molecule has 1 aliphatic rings. The zero-order chi connectivity index (χ0) is 20.1. The van der Waals surface area contributed by atoms with Gasteiger partial charge in [0.05, 0.1) is 0 Å². The molecule has 4 rings (SSSR count). The van der Waals surface area contributed by atoms with Crippen LogP contribution in [0.1, 0.15) is 49.9 Å². The maximum absolute atomic E-state index is 12.3. The van der Waals surface area contributed by atoms with Crippen molar-refractivity contribution in [1.29, 1.82) is 0 Å². The zero-order valence-corrected chi connectivity index (χ0v) is 16.9. The molecule has 1 unspecified atom stereocenters. The van der Waals surface area contributed by atoms with Gasteiger partial charge in [0.15, 0.2) is 11.5 Å². The van der Waals surface area contributed by atoms with Crippen LogP contribution in [-0.4, -0.2) is 45.4 Å². The van der Waals surface area contributed by atoms with E-state index in [1.165, 1.54) is 24.8 Å². The van der Waals surface area contributed by atoms with Gasteiger partial charge >= 0.3 is 0 Å². The highest BCUT2D eigenvalue weighted by Gasteiger charge is 2.15. The van der Waals surface area contributed by atoms with Crippen LogP contribution in [0.5, 0.6) is 0 Å². The van der Waals surface area contributed by atoms with Crippen molar-refractivity contribution in [3.8, 4) is 0 Å². The average Bonchev–Trinajstić information content (AvgIpc) is 3.19. The van der Waals surface area contributed by atoms with Crippen LogP contribution >= 0.6 is 0 Å². The minimum absolute atomic E-state index is 0.0247. The third-order valence-corrected chi connectivity index (χ3v) is 5.54. The number of hydrogen-bond donors (Lipinski definition) is 1. The lowest BCUT2D eigenvalue weighted by molar-refractivity contribution is -0.121. The van der Waals surface area contributed by atoms with Crippen molar-refractivity contribution in [3.05, 3.63) is 53.9 Å². The second-order valence-corrected chi connectivity index (χ2v) is 7.74. The summed E-state index contributed by atoms with van der Waals surface area (Å²) in [6, 6.07) is 14.2. The molecule has 29 heavy (non-hydrogen) atoms. The fourth-order valence-corrected chi connectivity index (χ4v) is 3.75. The molecule has 0 radical (unpaired) electrons. The Hall–Kier alpha value is -2.96. The Morgan fingerprint density at radius 2 is 1.86 bits per heavy atom. The van der Waals surface area contributed by atoms with E-state index in [0.717, 1.165) is 30.4 Å². The molecule has 7 nitrogen and oxygen atoms in total. The van der Waals surface area contributed by atoms with Crippen LogP contribution < -0.4 is 10.2 Å². The van der Waals surface area contributed by atoms with Crippen molar-refractivity contribution in [2.75, 3.05) is 24.5 Å². The number of anilines is 1. The lowest BCUT2D eigenvalue weighted by Crippen LogP contribution is -2.30. The van der Waals surface area contributed by atoms with Crippen LogP contribution in [0.2, 0.25) is 0 Å². The highest BCUT2D eigenvalue weighted by atomic mass is 16.1. The summed E-state index contributed by atoms with van der Waals surface area (Å²) in [6.45, 7) is 4.82. The summed E-state index contributed by atoms with van der Waals surface area (Å²) in [4.78, 5) is 14.6. The fraction of sp³-hybridized carbons (Fsp3) is 0.455. The van der Waals surface area contributed by atoms with Gasteiger partial charge in [-0.25, -0.2) is 0 Å². The molecule has 0 saturated carbocycles. The number of carbonyl (C=O) groups excluding carboxylic acids is 1. The summed E-state index contributed by atoms with van der Waals surface area (Å²) in [7, 11) is 0. The monoisotopic (exact) mass is 392 g/mol. The van der Waals surface area contributed by atoms with Gasteiger partial charge in [0.25, 0.3) is 0 Å². The van der Waals surface area contributed by atoms with E-state index < -0.39 is 0 Å². The zero-order valence-electron chi connectivity index (χ0n) is 16.9. The molecule has 0 bridgehead atoms. The number of carbonyl (C=O) groups is 1. The van der Waals surface area contributed by atoms with Crippen LogP contribution in [-0.2, 0) is 11.2 Å². The van der Waals surface area contributed by atoms with E-state index in [0.29, 0.717) is 19.4 Å². The maximum atomic E-state index is 12.3. The van der Waals surface area contributed by atoms with Gasteiger partial charge < -0.3 is 10.2 Å². The number of rotatable bonds is 7. The minimum atomic E-state index is 0.0247. The Bertz CT molecular complexity index is 948. The molecular formula is C22H28N6O. The molecule has 152 valence electrons. The van der Waals surface area contributed by atoms with E-state index in [-0.39, 0.29) is 11.8 Å². The first kappa shape index (κ1) is 19.4. The highest BCUT2D eigenvalue weighted by Crippen LogP contribution is 2.18. The number of piperidine rings is 1. The number of nitrogens with one attached hydrogen (secondary N) is 1. The third-order valence-electron chi connectivity index (χ3n) is 5.54. The predicted octanol–water partition coefficient (Wildman–Crippen LogP) is 2.97. The van der Waals surface area contributed by atoms with E-state index in [2.05, 4.69) is 39.5 Å². The molecule has 3 heterocycles. The van der Waals surface area contributed by atoms with Crippen molar-refractivity contribution >= 4 is 17.4 Å². The van der Waals surface area contributed by atoms with Gasteiger partial charge in [-0.05, 0) is 42.9 Å². The van der Waals surface area contributed by atoms with Gasteiger partial charge in [-0.15, -0.1) is 15.3 Å². The molecule has 1 aliphatic heterocycles. The van der Waals surface area contributed by atoms with Gasteiger partial charge in [-0.1, -0.05) is 37.3 Å². The molecule has 1 fully saturated rings. The normalized spacial score (nSPS) is 15.4. The Balaban J connectivity index is 1.34. The number of amides is 1. The Morgan fingerprint density at radius 1 is 1.07 bits per heavy atom. The minimum Gasteiger partial charge on any atom is -0.355 e. The number of aryl methyl sites for hydroxylation is 1. The summed E-state index contributed by atoms with van der Waals surface area (Å²) in [5.74, 6) is 1.99. The second-order valence-electron chi connectivity index (χ2n) is 7.74. The summed E-state index contributed by atoms with van der Waals surface area (Å²) in [5, 5.41) is 16.2. The highest BCUT2D eigenvalue weighted by molar-refractivity contribution is 5.76. The summed E-state index contributed by atoms with van der Waals surface area (Å²) in [5.41, 5.74) is 1.95. The Kier molecular flexibility index (Phi) is 6.03. The van der Waals surface area contributed by atoms with E-state index in [1.54, 1.807) is 4.52 Å². The van der Waals surface area contributed by atoms with Crippen LogP contribution in [0.25, 0.3) is 5.65 Å². The standard InChI is InChI=1S/C22H28N6O/c1-17(18-8-4-2-5-9-18)16-23-22(29)13-12-20-25-24-19-10-11-21(26-28(19)20)27-14-6-3-7-15-27/h2,4-5,8-11,17H,3,6-7,12-16H2,1H3,(H,23,29). The molecule has 1 atom stereocenters. The van der Waals surface area contributed by atoms with Crippen molar-refractivity contribution in [3.63, 3.8) is 0 Å². The third kappa shape index (κ3) is 4.72. The van der Waals surface area contributed by atoms with E-state index in [4.69, 9.17) is 5.10 Å². The van der Waals surface area contributed by atoms with Gasteiger partial charge in [0.1, 0.15) is 5.82 Å². The van der Waals surface area contributed by atoms with Crippen LogP contribution in [0.15, 0.2) is 42.5 Å². The van der Waals surface area contributed by atoms with Gasteiger partial charge in [0.2, 0.25) is 5.91 Å². The largest absolute Gasteiger partial charge is 0.355 e. The number of fused-ring (bicyclic) bond motifs is 1. The lowest BCUT2D eigenvalue weighted by Gasteiger charge is -2.27. The van der Waals surface area contributed by atoms with Crippen molar-refractivity contribution in [2.24, 2.45) is 0 Å². The fourth-order valence-electron chi connectivity index (χ4n) is 3.75. The SMILES string of the molecule is CC(CNC(=O)CCc1nnc2ccc(N3CCCCC3)nn12)c1ccccc1. The first-order valence-electron chi connectivity index (χ1n) is 10.5. The quantitative estimate of drug-likeness (QED) is 0.669. The topological polar surface area (TPSA) is 75.4 Å². The summed E-state index contributed by atoms with van der Waals surface area (Å²) in [6.07, 6.45) is 4.59. The van der Waals surface area contributed by atoms with Gasteiger partial charge in [0, 0.05) is 32.5 Å². The molecule has 1 saturated heterocycles. The number of aromatic nitrogens is 4. The first-order chi connectivity index (χ1) is 14.2. The van der Waals surface area contributed by atoms with Crippen LogP contribution in [0, 0.1) is 0 Å². The predicted molar refractivity (Wildman–Crippen MR) is 113 cm³/mol. The molecule has 1 amide bonds. The number of benzene rings is 1. The van der Waals surface area contributed by atoms with Crippen LogP contribution in [0.4, 0.5) is 5.82 Å². The maximum Gasteiger partial charge on any atom is 0.220 e. The molecule has 1 aromatic carbocycles. The molecule has 7 heteroatoms. The summed E-state index contributed by atoms with van der Waals surface area (Å²) < 4.78 is 1.78. The van der Waals surface area contributed by atoms with E-state index in [9.17, 15) is 4.79 Å². The van der Waals surface area contributed by atoms with Crippen molar-refractivity contribution in [2.45, 2.75) is 44.9 Å². The first-order valence-corrected chi connectivity index (χ1v) is 10.5. The second kappa shape index (κ2) is 9.03. The van der Waals surface area contributed by atoms with Crippen molar-refractivity contribution in [1.82, 2.24) is 25.1 Å². The molecule has 1 N–H and O–H groups in total. The molecule has 2 aromatic heterocycles. The smallest absolute Gasteiger partial charge is 0.220 e.